The van der Waals surface area contributed by atoms with Gasteiger partial charge in [0.05, 0.1) is 34.0 Å². The van der Waals surface area contributed by atoms with E-state index in [1.165, 1.54) is 18.4 Å². The van der Waals surface area contributed by atoms with Gasteiger partial charge in [-0.1, -0.05) is 42.5 Å². The highest BCUT2D eigenvalue weighted by atomic mass is 19.1. The van der Waals surface area contributed by atoms with E-state index in [4.69, 9.17) is 9.72 Å². The minimum Gasteiger partial charge on any atom is -0.381 e. The molecule has 3 aromatic heterocycles. The van der Waals surface area contributed by atoms with Crippen LogP contribution < -0.4 is 0 Å². The molecule has 1 aliphatic heterocycles. The topological polar surface area (TPSA) is 57.8 Å². The molecule has 4 heterocycles. The third-order valence-electron chi connectivity index (χ3n) is 8.98. The first-order chi connectivity index (χ1) is 19.0. The van der Waals surface area contributed by atoms with Crippen LogP contribution in [0.5, 0.6) is 0 Å². The normalized spacial score (nSPS) is 18.2. The standard InChI is InChI=1S/C32H34FN5O/c1-19(21-9-10-21)25-17-28-26(16-27(25)33)30-29(15-24(18-34-30)31-20(2)35-36-37(31)3)38(28)32(22-7-5-4-6-8-22)23-11-13-39-14-12-23/h4-8,15-19,21,23,32H,9-14H2,1-3H3/t19?,32-/m1/s1. The lowest BCUT2D eigenvalue weighted by Gasteiger charge is -2.33. The maximum absolute atomic E-state index is 15.7. The second-order valence-corrected chi connectivity index (χ2v) is 11.4. The Labute approximate surface area is 227 Å². The maximum atomic E-state index is 15.7. The van der Waals surface area contributed by atoms with Crippen LogP contribution in [0.25, 0.3) is 33.2 Å². The van der Waals surface area contributed by atoms with E-state index >= 15 is 4.39 Å². The Balaban J connectivity index is 1.54. The van der Waals surface area contributed by atoms with E-state index in [0.29, 0.717) is 11.8 Å². The molecule has 1 saturated heterocycles. The van der Waals surface area contributed by atoms with Crippen molar-refractivity contribution in [2.24, 2.45) is 18.9 Å². The number of pyridine rings is 1. The van der Waals surface area contributed by atoms with E-state index in [1.807, 2.05) is 20.2 Å². The minimum absolute atomic E-state index is 0.0763. The second kappa shape index (κ2) is 9.56. The first-order valence-electron chi connectivity index (χ1n) is 14.1. The van der Waals surface area contributed by atoms with Crippen molar-refractivity contribution in [1.82, 2.24) is 24.5 Å². The van der Waals surface area contributed by atoms with Gasteiger partial charge in [0.25, 0.3) is 0 Å². The lowest BCUT2D eigenvalue weighted by molar-refractivity contribution is 0.0553. The van der Waals surface area contributed by atoms with Gasteiger partial charge in [-0.15, -0.1) is 5.10 Å². The summed E-state index contributed by atoms with van der Waals surface area (Å²) >= 11 is 0. The number of aryl methyl sites for hydroxylation is 2. The van der Waals surface area contributed by atoms with Gasteiger partial charge >= 0.3 is 0 Å². The molecule has 0 bridgehead atoms. The molecule has 5 aromatic rings. The smallest absolute Gasteiger partial charge is 0.127 e. The van der Waals surface area contributed by atoms with E-state index in [-0.39, 0.29) is 17.8 Å². The molecule has 0 spiro atoms. The zero-order valence-electron chi connectivity index (χ0n) is 22.8. The Morgan fingerprint density at radius 1 is 0.974 bits per heavy atom. The van der Waals surface area contributed by atoms with E-state index in [9.17, 15) is 0 Å². The van der Waals surface area contributed by atoms with Gasteiger partial charge in [-0.05, 0) is 79.7 Å². The average Bonchev–Trinajstić information content (AvgIpc) is 3.70. The molecule has 7 heteroatoms. The number of rotatable bonds is 6. The van der Waals surface area contributed by atoms with Crippen LogP contribution in [0.4, 0.5) is 4.39 Å². The summed E-state index contributed by atoms with van der Waals surface area (Å²) in [5.74, 6) is 1.03. The summed E-state index contributed by atoms with van der Waals surface area (Å²) in [4.78, 5) is 4.97. The first-order valence-corrected chi connectivity index (χ1v) is 14.1. The van der Waals surface area contributed by atoms with Gasteiger partial charge in [0, 0.05) is 37.4 Å². The highest BCUT2D eigenvalue weighted by Gasteiger charge is 2.33. The van der Waals surface area contributed by atoms with Gasteiger partial charge in [0.15, 0.2) is 0 Å². The van der Waals surface area contributed by atoms with Gasteiger partial charge in [-0.3, -0.25) is 4.98 Å². The predicted octanol–water partition coefficient (Wildman–Crippen LogP) is 6.96. The van der Waals surface area contributed by atoms with Crippen molar-refractivity contribution in [1.29, 1.82) is 0 Å². The molecule has 1 unspecified atom stereocenters. The van der Waals surface area contributed by atoms with Gasteiger partial charge in [-0.2, -0.15) is 0 Å². The Hall–Kier alpha value is -3.58. The van der Waals surface area contributed by atoms with Crippen LogP contribution in [0.3, 0.4) is 0 Å². The molecule has 0 radical (unpaired) electrons. The van der Waals surface area contributed by atoms with Crippen LogP contribution in [0, 0.1) is 24.6 Å². The van der Waals surface area contributed by atoms with E-state index in [2.05, 4.69) is 64.3 Å². The number of halogens is 1. The lowest BCUT2D eigenvalue weighted by Crippen LogP contribution is -2.27. The summed E-state index contributed by atoms with van der Waals surface area (Å²) < 4.78 is 25.7. The number of nitrogens with zero attached hydrogens (tertiary/aromatic N) is 5. The summed E-state index contributed by atoms with van der Waals surface area (Å²) in [6.07, 6.45) is 6.19. The summed E-state index contributed by atoms with van der Waals surface area (Å²) in [6.45, 7) is 5.66. The van der Waals surface area contributed by atoms with Crippen molar-refractivity contribution in [3.63, 3.8) is 0 Å². The highest BCUT2D eigenvalue weighted by molar-refractivity contribution is 6.07. The van der Waals surface area contributed by atoms with E-state index in [1.54, 1.807) is 10.7 Å². The molecule has 0 amide bonds. The number of ether oxygens (including phenoxy) is 1. The quantitative estimate of drug-likeness (QED) is 0.241. The minimum atomic E-state index is -0.124. The fourth-order valence-electron chi connectivity index (χ4n) is 6.74. The van der Waals surface area contributed by atoms with Crippen LogP contribution in [-0.4, -0.2) is 37.8 Å². The third kappa shape index (κ3) is 4.15. The van der Waals surface area contributed by atoms with Gasteiger partial charge < -0.3 is 9.30 Å². The van der Waals surface area contributed by atoms with Crippen LogP contribution >= 0.6 is 0 Å². The Morgan fingerprint density at radius 3 is 2.44 bits per heavy atom. The highest BCUT2D eigenvalue weighted by Crippen LogP contribution is 2.46. The molecule has 2 fully saturated rings. The predicted molar refractivity (Wildman–Crippen MR) is 151 cm³/mol. The molecule has 6 nitrogen and oxygen atoms in total. The zero-order chi connectivity index (χ0) is 26.7. The number of hydrogen-bond donors (Lipinski definition) is 0. The summed E-state index contributed by atoms with van der Waals surface area (Å²) in [5.41, 5.74) is 7.74. The third-order valence-corrected chi connectivity index (χ3v) is 8.98. The van der Waals surface area contributed by atoms with E-state index in [0.717, 1.165) is 70.5 Å². The average molecular weight is 524 g/mol. The van der Waals surface area contributed by atoms with Gasteiger partial charge in [-0.25, -0.2) is 9.07 Å². The fourth-order valence-corrected chi connectivity index (χ4v) is 6.74. The van der Waals surface area contributed by atoms with Crippen LogP contribution in [0.1, 0.15) is 61.4 Å². The fraction of sp³-hybridized carbons (Fsp3) is 0.406. The molecule has 200 valence electrons. The molecule has 1 aliphatic carbocycles. The van der Waals surface area contributed by atoms with Crippen molar-refractivity contribution >= 4 is 21.9 Å². The number of aromatic nitrogens is 5. The Morgan fingerprint density at radius 2 is 1.74 bits per heavy atom. The Kier molecular flexibility index (Phi) is 5.99. The number of benzene rings is 2. The van der Waals surface area contributed by atoms with Crippen LogP contribution in [-0.2, 0) is 11.8 Å². The largest absolute Gasteiger partial charge is 0.381 e. The van der Waals surface area contributed by atoms with Crippen LogP contribution in [0.2, 0.25) is 0 Å². The van der Waals surface area contributed by atoms with Crippen molar-refractivity contribution in [3.05, 3.63) is 77.4 Å². The van der Waals surface area contributed by atoms with Crippen molar-refractivity contribution in [2.45, 2.75) is 51.5 Å². The Bertz CT molecular complexity index is 1640. The molecule has 2 aliphatic rings. The summed E-state index contributed by atoms with van der Waals surface area (Å²) in [7, 11) is 1.91. The molecule has 1 saturated carbocycles. The molecular weight excluding hydrogens is 489 g/mol. The second-order valence-electron chi connectivity index (χ2n) is 11.4. The molecule has 2 atom stereocenters. The van der Waals surface area contributed by atoms with E-state index < -0.39 is 0 Å². The first kappa shape index (κ1) is 24.5. The number of fused-ring (bicyclic) bond motifs is 3. The molecule has 2 aromatic carbocycles. The molecular formula is C32H34FN5O. The summed E-state index contributed by atoms with van der Waals surface area (Å²) in [6, 6.07) is 16.9. The number of hydrogen-bond acceptors (Lipinski definition) is 4. The monoisotopic (exact) mass is 523 g/mol. The van der Waals surface area contributed by atoms with Crippen molar-refractivity contribution in [3.8, 4) is 11.3 Å². The van der Waals surface area contributed by atoms with Crippen molar-refractivity contribution < 1.29 is 9.13 Å². The van der Waals surface area contributed by atoms with Crippen molar-refractivity contribution in [2.75, 3.05) is 13.2 Å². The SMILES string of the molecule is Cc1nnn(C)c1-c1cnc2c3cc(F)c(C(C)C4CC4)cc3n([C@H](c3ccccc3)C3CCOCC3)c2c1. The maximum Gasteiger partial charge on any atom is 0.127 e. The van der Waals surface area contributed by atoms with Crippen LogP contribution in [0.15, 0.2) is 54.7 Å². The summed E-state index contributed by atoms with van der Waals surface area (Å²) in [5, 5.41) is 9.37. The molecule has 7 rings (SSSR count). The van der Waals surface area contributed by atoms with Gasteiger partial charge in [0.2, 0.25) is 0 Å². The lowest BCUT2D eigenvalue weighted by atomic mass is 9.86. The van der Waals surface area contributed by atoms with Gasteiger partial charge in [0.1, 0.15) is 5.82 Å². The molecule has 39 heavy (non-hydrogen) atoms. The zero-order valence-corrected chi connectivity index (χ0v) is 22.8. The molecule has 0 N–H and O–H groups in total.